The fraction of sp³-hybridized carbons (Fsp3) is 0.480. The molecule has 2 atom stereocenters. The maximum atomic E-state index is 13.7. The van der Waals surface area contributed by atoms with E-state index >= 15 is 0 Å². The fourth-order valence-corrected chi connectivity index (χ4v) is 5.47. The van der Waals surface area contributed by atoms with Crippen molar-refractivity contribution < 1.29 is 39.6 Å². The molecule has 0 heterocycles. The molecule has 0 spiro atoms. The molecule has 6 nitrogen and oxygen atoms in total. The van der Waals surface area contributed by atoms with Crippen molar-refractivity contribution >= 4 is 15.9 Å². The first-order valence-corrected chi connectivity index (χ1v) is 13.5. The highest BCUT2D eigenvalue weighted by Gasteiger charge is 2.44. The van der Waals surface area contributed by atoms with Crippen LogP contribution in [0.1, 0.15) is 61.4 Å². The molecule has 0 unspecified atom stereocenters. The number of carbonyl (C=O) groups is 1. The lowest BCUT2D eigenvalue weighted by molar-refractivity contribution is -0.158. The molecule has 0 aliphatic heterocycles. The Bertz CT molecular complexity index is 1250. The average molecular weight is 566 g/mol. The average Bonchev–Trinajstić information content (AvgIpc) is 2.81. The maximum absolute atomic E-state index is 13.7. The molecule has 1 aliphatic rings. The highest BCUT2D eigenvalue weighted by Crippen LogP contribution is 2.33. The molecule has 3 N–H and O–H groups in total. The lowest BCUT2D eigenvalue weighted by Gasteiger charge is -2.28. The van der Waals surface area contributed by atoms with Crippen molar-refractivity contribution in [2.45, 2.75) is 81.4 Å². The van der Waals surface area contributed by atoms with Gasteiger partial charge in [0.05, 0.1) is 22.9 Å². The molecule has 0 saturated heterocycles. The van der Waals surface area contributed by atoms with Gasteiger partial charge in [-0.15, -0.1) is 0 Å². The molecule has 0 bridgehead atoms. The highest BCUT2D eigenvalue weighted by atomic mass is 32.2. The molecular formula is C25H29F6N3O3S. The van der Waals surface area contributed by atoms with Crippen LogP contribution in [0, 0.1) is 0 Å². The Morgan fingerprint density at radius 2 is 1.76 bits per heavy atom. The third-order valence-corrected chi connectivity index (χ3v) is 7.59. The first-order chi connectivity index (χ1) is 17.6. The molecule has 2 aromatic rings. The quantitative estimate of drug-likeness (QED) is 0.374. The summed E-state index contributed by atoms with van der Waals surface area (Å²) in [5.74, 6) is -1.04. The summed E-state index contributed by atoms with van der Waals surface area (Å²) in [5.41, 5.74) is 1.46. The van der Waals surface area contributed by atoms with Crippen LogP contribution in [0.25, 0.3) is 0 Å². The molecule has 2 aromatic carbocycles. The number of alkyl halides is 6. The molecule has 0 aromatic heterocycles. The Labute approximate surface area is 217 Å². The van der Waals surface area contributed by atoms with Crippen LogP contribution >= 0.6 is 0 Å². The number of nitrogens with one attached hydrogen (secondary N) is 3. The molecule has 38 heavy (non-hydrogen) atoms. The minimum atomic E-state index is -5.17. The lowest BCUT2D eigenvalue weighted by atomic mass is 9.86. The van der Waals surface area contributed by atoms with Crippen LogP contribution in [-0.2, 0) is 34.0 Å². The van der Waals surface area contributed by atoms with E-state index in [9.17, 15) is 39.6 Å². The van der Waals surface area contributed by atoms with Crippen LogP contribution in [-0.4, -0.2) is 32.6 Å². The molecule has 0 fully saturated rings. The van der Waals surface area contributed by atoms with Gasteiger partial charge in [0.15, 0.2) is 0 Å². The van der Waals surface area contributed by atoms with E-state index in [1.165, 1.54) is 4.72 Å². The zero-order valence-corrected chi connectivity index (χ0v) is 21.5. The second-order valence-electron chi connectivity index (χ2n) is 9.53. The van der Waals surface area contributed by atoms with Gasteiger partial charge >= 0.3 is 12.4 Å². The van der Waals surface area contributed by atoms with Crippen molar-refractivity contribution in [2.24, 2.45) is 0 Å². The van der Waals surface area contributed by atoms with E-state index in [2.05, 4.69) is 10.6 Å². The van der Waals surface area contributed by atoms with Crippen molar-refractivity contribution in [3.05, 3.63) is 64.7 Å². The summed E-state index contributed by atoms with van der Waals surface area (Å²) in [4.78, 5) is 11.6. The zero-order chi connectivity index (χ0) is 28.3. The van der Waals surface area contributed by atoms with E-state index in [-0.39, 0.29) is 12.1 Å². The molecule has 3 rings (SSSR count). The summed E-state index contributed by atoms with van der Waals surface area (Å²) < 4.78 is 106. The van der Waals surface area contributed by atoms with Gasteiger partial charge in [0.2, 0.25) is 15.9 Å². The highest BCUT2D eigenvalue weighted by molar-refractivity contribution is 7.89. The van der Waals surface area contributed by atoms with Crippen molar-refractivity contribution in [1.82, 2.24) is 15.4 Å². The second kappa shape index (κ2) is 11.6. The zero-order valence-electron chi connectivity index (χ0n) is 20.7. The van der Waals surface area contributed by atoms with Crippen LogP contribution in [0.5, 0.6) is 0 Å². The number of hydrogen-bond donors (Lipinski definition) is 3. The van der Waals surface area contributed by atoms with E-state index < -0.39 is 57.2 Å². The smallest absolute Gasteiger partial charge is 0.349 e. The number of carbonyl (C=O) groups excluding carboxylic acids is 1. The summed E-state index contributed by atoms with van der Waals surface area (Å²) in [7, 11) is -5.03. The lowest BCUT2D eigenvalue weighted by Crippen LogP contribution is -2.48. The third kappa shape index (κ3) is 7.93. The molecule has 0 radical (unpaired) electrons. The summed E-state index contributed by atoms with van der Waals surface area (Å²) in [5, 5.41) is 5.86. The number of fused-ring (bicyclic) bond motifs is 1. The monoisotopic (exact) mass is 565 g/mol. The van der Waals surface area contributed by atoms with E-state index in [0.717, 1.165) is 35.2 Å². The Hall–Kier alpha value is -2.64. The Balaban J connectivity index is 1.73. The Morgan fingerprint density at radius 3 is 2.39 bits per heavy atom. The van der Waals surface area contributed by atoms with Crippen LogP contribution in [0.3, 0.4) is 0 Å². The predicted octanol–water partition coefficient (Wildman–Crippen LogP) is 5.00. The van der Waals surface area contributed by atoms with Gasteiger partial charge in [-0.05, 0) is 54.2 Å². The second-order valence-corrected chi connectivity index (χ2v) is 11.2. The normalized spacial score (nSPS) is 17.2. The van der Waals surface area contributed by atoms with Gasteiger partial charge in [-0.2, -0.15) is 31.1 Å². The van der Waals surface area contributed by atoms with Crippen molar-refractivity contribution in [1.29, 1.82) is 0 Å². The van der Waals surface area contributed by atoms with Gasteiger partial charge in [0.1, 0.15) is 6.04 Å². The third-order valence-electron chi connectivity index (χ3n) is 6.13. The minimum absolute atomic E-state index is 0.236. The maximum Gasteiger partial charge on any atom is 0.416 e. The minimum Gasteiger partial charge on any atom is -0.349 e. The number of amides is 1. The van der Waals surface area contributed by atoms with Crippen LogP contribution in [0.2, 0.25) is 0 Å². The van der Waals surface area contributed by atoms with Crippen LogP contribution in [0.4, 0.5) is 26.3 Å². The number of aryl methyl sites for hydroxylation is 1. The Kier molecular flexibility index (Phi) is 9.15. The summed E-state index contributed by atoms with van der Waals surface area (Å²) >= 11 is 0. The van der Waals surface area contributed by atoms with E-state index in [4.69, 9.17) is 0 Å². The van der Waals surface area contributed by atoms with Crippen molar-refractivity contribution in [3.8, 4) is 0 Å². The molecule has 0 saturated carbocycles. The largest absolute Gasteiger partial charge is 0.416 e. The van der Waals surface area contributed by atoms with Gasteiger partial charge < -0.3 is 10.6 Å². The number of rotatable bonds is 9. The van der Waals surface area contributed by atoms with Gasteiger partial charge in [-0.3, -0.25) is 4.79 Å². The number of benzene rings is 2. The van der Waals surface area contributed by atoms with E-state index in [1.807, 2.05) is 32.0 Å². The first kappa shape index (κ1) is 29.9. The number of hydrogen-bond acceptors (Lipinski definition) is 4. The number of halogens is 6. The number of sulfonamides is 1. The van der Waals surface area contributed by atoms with Crippen LogP contribution in [0.15, 0.2) is 47.4 Å². The fourth-order valence-electron chi connectivity index (χ4n) is 4.21. The topological polar surface area (TPSA) is 87.3 Å². The Morgan fingerprint density at radius 1 is 1.05 bits per heavy atom. The SMILES string of the molecule is CC(C)NCc1ccc2c(c1)CCC[C@H]2NC(=O)C[C@@H](NS(=O)(=O)c1cccc(C(F)(F)F)c1)C(F)(F)F. The van der Waals surface area contributed by atoms with E-state index in [0.29, 0.717) is 25.5 Å². The molecule has 1 aliphatic carbocycles. The summed E-state index contributed by atoms with van der Waals surface area (Å²) in [6.07, 6.45) is -9.40. The molecule has 13 heteroatoms. The molecular weight excluding hydrogens is 536 g/mol. The van der Waals surface area contributed by atoms with Crippen molar-refractivity contribution in [2.75, 3.05) is 0 Å². The van der Waals surface area contributed by atoms with Gasteiger partial charge in [0, 0.05) is 12.6 Å². The predicted molar refractivity (Wildman–Crippen MR) is 128 cm³/mol. The van der Waals surface area contributed by atoms with Gasteiger partial charge in [-0.25, -0.2) is 8.42 Å². The summed E-state index contributed by atoms with van der Waals surface area (Å²) in [6, 6.07) is 4.94. The van der Waals surface area contributed by atoms with Crippen LogP contribution < -0.4 is 15.4 Å². The molecule has 1 amide bonds. The molecule has 210 valence electrons. The van der Waals surface area contributed by atoms with Gasteiger partial charge in [-0.1, -0.05) is 38.1 Å². The first-order valence-electron chi connectivity index (χ1n) is 12.0. The standard InChI is InChI=1S/C25H29F6N3O3S/c1-15(2)32-14-16-9-10-20-17(11-16)5-3-8-21(20)33-23(35)13-22(25(29,30)31)34-38(36,37)19-7-4-6-18(12-19)24(26,27)28/h4,6-7,9-12,15,21-22,32,34H,3,5,8,13-14H2,1-2H3,(H,33,35)/t21-,22-/m1/s1. The summed E-state index contributed by atoms with van der Waals surface area (Å²) in [6.45, 7) is 4.66. The van der Waals surface area contributed by atoms with Crippen molar-refractivity contribution in [3.63, 3.8) is 0 Å². The van der Waals surface area contributed by atoms with Gasteiger partial charge in [0.25, 0.3) is 0 Å². The van der Waals surface area contributed by atoms with E-state index in [1.54, 1.807) is 0 Å².